The molecule has 0 saturated heterocycles. The number of halogens is 3. The van der Waals surface area contributed by atoms with Gasteiger partial charge in [-0.1, -0.05) is 43.2 Å². The first-order chi connectivity index (χ1) is 11.9. The standard InChI is InChI=1S/C18H20F3N3O/c19-18(20,21)16-9-5-4-8-15(16)17(25)23-14-10-22-24(12-14)11-13-6-2-1-3-7-13/h1-3,6-7,10,12,15-16H,4-5,8-9,11H2,(H,23,25)/t15-,16-/m0/s1. The zero-order valence-corrected chi connectivity index (χ0v) is 13.7. The fourth-order valence-electron chi connectivity index (χ4n) is 3.36. The molecule has 1 aromatic carbocycles. The Hall–Kier alpha value is -2.31. The lowest BCUT2D eigenvalue weighted by atomic mass is 9.78. The van der Waals surface area contributed by atoms with E-state index in [4.69, 9.17) is 0 Å². The van der Waals surface area contributed by atoms with Gasteiger partial charge in [-0.2, -0.15) is 18.3 Å². The number of nitrogens with zero attached hydrogens (tertiary/aromatic N) is 2. The molecule has 7 heteroatoms. The minimum Gasteiger partial charge on any atom is -0.323 e. The summed E-state index contributed by atoms with van der Waals surface area (Å²) in [7, 11) is 0. The average molecular weight is 351 g/mol. The molecule has 1 aromatic heterocycles. The lowest BCUT2D eigenvalue weighted by molar-refractivity contribution is -0.197. The maximum Gasteiger partial charge on any atom is 0.392 e. The van der Waals surface area contributed by atoms with Gasteiger partial charge in [0, 0.05) is 12.1 Å². The number of anilines is 1. The summed E-state index contributed by atoms with van der Waals surface area (Å²) in [6.07, 6.45) is 0.229. The fourth-order valence-corrected chi connectivity index (χ4v) is 3.36. The molecular formula is C18H20F3N3O. The Morgan fingerprint density at radius 1 is 1.20 bits per heavy atom. The van der Waals surface area contributed by atoms with E-state index in [1.807, 2.05) is 30.3 Å². The number of rotatable bonds is 4. The number of carbonyl (C=O) groups is 1. The van der Waals surface area contributed by atoms with Gasteiger partial charge in [-0.05, 0) is 18.4 Å². The Morgan fingerprint density at radius 3 is 2.64 bits per heavy atom. The fraction of sp³-hybridized carbons (Fsp3) is 0.444. The van der Waals surface area contributed by atoms with Crippen LogP contribution in [0.1, 0.15) is 31.2 Å². The molecule has 1 aliphatic carbocycles. The van der Waals surface area contributed by atoms with Gasteiger partial charge >= 0.3 is 6.18 Å². The van der Waals surface area contributed by atoms with Gasteiger partial charge in [-0.15, -0.1) is 0 Å². The SMILES string of the molecule is O=C(Nc1cnn(Cc2ccccc2)c1)[C@H]1CCCC[C@@H]1C(F)(F)F. The minimum atomic E-state index is -4.33. The topological polar surface area (TPSA) is 46.9 Å². The van der Waals surface area contributed by atoms with E-state index in [9.17, 15) is 18.0 Å². The molecule has 134 valence electrons. The smallest absolute Gasteiger partial charge is 0.323 e. The van der Waals surface area contributed by atoms with Gasteiger partial charge in [0.25, 0.3) is 0 Å². The van der Waals surface area contributed by atoms with Gasteiger partial charge in [0.05, 0.1) is 24.3 Å². The van der Waals surface area contributed by atoms with Gasteiger partial charge in [0.15, 0.2) is 0 Å². The van der Waals surface area contributed by atoms with Crippen LogP contribution >= 0.6 is 0 Å². The lowest BCUT2D eigenvalue weighted by Gasteiger charge is -2.31. The van der Waals surface area contributed by atoms with Gasteiger partial charge in [0.2, 0.25) is 5.91 Å². The molecule has 1 amide bonds. The molecule has 0 unspecified atom stereocenters. The molecule has 2 atom stereocenters. The normalized spacial score (nSPS) is 21.1. The molecule has 1 heterocycles. The Balaban J connectivity index is 1.64. The van der Waals surface area contributed by atoms with Crippen LogP contribution < -0.4 is 5.32 Å². The van der Waals surface area contributed by atoms with Gasteiger partial charge in [0.1, 0.15) is 0 Å². The van der Waals surface area contributed by atoms with Crippen molar-refractivity contribution in [2.75, 3.05) is 5.32 Å². The summed E-state index contributed by atoms with van der Waals surface area (Å²) in [5.74, 6) is -3.15. The van der Waals surface area contributed by atoms with Crippen molar-refractivity contribution in [2.45, 2.75) is 38.4 Å². The number of nitrogens with one attached hydrogen (secondary N) is 1. The van der Waals surface area contributed by atoms with E-state index < -0.39 is 23.9 Å². The van der Waals surface area contributed by atoms with Crippen LogP contribution in [-0.4, -0.2) is 21.9 Å². The maximum absolute atomic E-state index is 13.1. The quantitative estimate of drug-likeness (QED) is 0.896. The number of benzene rings is 1. The van der Waals surface area contributed by atoms with Crippen LogP contribution in [0.3, 0.4) is 0 Å². The monoisotopic (exact) mass is 351 g/mol. The summed E-state index contributed by atoms with van der Waals surface area (Å²) in [5.41, 5.74) is 1.47. The van der Waals surface area contributed by atoms with Gasteiger partial charge in [-0.25, -0.2) is 0 Å². The van der Waals surface area contributed by atoms with E-state index in [1.54, 1.807) is 10.9 Å². The Morgan fingerprint density at radius 2 is 1.92 bits per heavy atom. The number of hydrogen-bond donors (Lipinski definition) is 1. The van der Waals surface area contributed by atoms with Crippen molar-refractivity contribution in [1.29, 1.82) is 0 Å². The van der Waals surface area contributed by atoms with Crippen molar-refractivity contribution >= 4 is 11.6 Å². The first-order valence-corrected chi connectivity index (χ1v) is 8.37. The molecule has 1 saturated carbocycles. The molecule has 1 N–H and O–H groups in total. The molecule has 3 rings (SSSR count). The highest BCUT2D eigenvalue weighted by atomic mass is 19.4. The van der Waals surface area contributed by atoms with Crippen molar-refractivity contribution in [2.24, 2.45) is 11.8 Å². The summed E-state index contributed by atoms with van der Waals surface area (Å²) >= 11 is 0. The zero-order valence-electron chi connectivity index (χ0n) is 13.7. The second kappa shape index (κ2) is 7.29. The van der Waals surface area contributed by atoms with Crippen molar-refractivity contribution in [3.8, 4) is 0 Å². The first-order valence-electron chi connectivity index (χ1n) is 8.37. The van der Waals surface area contributed by atoms with Crippen LogP contribution in [0.25, 0.3) is 0 Å². The van der Waals surface area contributed by atoms with Crippen molar-refractivity contribution in [3.05, 3.63) is 48.3 Å². The van der Waals surface area contributed by atoms with Crippen molar-refractivity contribution in [1.82, 2.24) is 9.78 Å². The van der Waals surface area contributed by atoms with Crippen LogP contribution in [0.2, 0.25) is 0 Å². The number of alkyl halides is 3. The van der Waals surface area contributed by atoms with Crippen molar-refractivity contribution < 1.29 is 18.0 Å². The number of carbonyl (C=O) groups excluding carboxylic acids is 1. The molecule has 0 spiro atoms. The highest BCUT2D eigenvalue weighted by Gasteiger charge is 2.48. The molecule has 0 radical (unpaired) electrons. The molecule has 1 fully saturated rings. The third-order valence-electron chi connectivity index (χ3n) is 4.61. The third kappa shape index (κ3) is 4.41. The molecule has 0 bridgehead atoms. The molecule has 25 heavy (non-hydrogen) atoms. The highest BCUT2D eigenvalue weighted by Crippen LogP contribution is 2.41. The predicted octanol–water partition coefficient (Wildman–Crippen LogP) is 4.24. The van der Waals surface area contributed by atoms with Crippen LogP contribution in [0, 0.1) is 11.8 Å². The van der Waals surface area contributed by atoms with Crippen LogP contribution in [0.4, 0.5) is 18.9 Å². The van der Waals surface area contributed by atoms with Crippen LogP contribution in [0.15, 0.2) is 42.7 Å². The first kappa shape index (κ1) is 17.5. The summed E-state index contributed by atoms with van der Waals surface area (Å²) in [4.78, 5) is 12.3. The zero-order chi connectivity index (χ0) is 17.9. The molecular weight excluding hydrogens is 331 g/mol. The Kier molecular flexibility index (Phi) is 5.11. The molecule has 1 aliphatic rings. The van der Waals surface area contributed by atoms with E-state index in [1.165, 1.54) is 6.20 Å². The second-order valence-electron chi connectivity index (χ2n) is 6.44. The average Bonchev–Trinajstić information content (AvgIpc) is 3.02. The van der Waals surface area contributed by atoms with Gasteiger partial charge < -0.3 is 5.32 Å². The van der Waals surface area contributed by atoms with E-state index in [0.29, 0.717) is 25.1 Å². The van der Waals surface area contributed by atoms with E-state index in [0.717, 1.165) is 5.56 Å². The second-order valence-corrected chi connectivity index (χ2v) is 6.44. The Bertz CT molecular complexity index is 712. The Labute approximate surface area is 144 Å². The third-order valence-corrected chi connectivity index (χ3v) is 4.61. The van der Waals surface area contributed by atoms with E-state index >= 15 is 0 Å². The van der Waals surface area contributed by atoms with E-state index in [-0.39, 0.29) is 12.8 Å². The largest absolute Gasteiger partial charge is 0.392 e. The van der Waals surface area contributed by atoms with Crippen LogP contribution in [-0.2, 0) is 11.3 Å². The maximum atomic E-state index is 13.1. The number of amides is 1. The predicted molar refractivity (Wildman–Crippen MR) is 87.9 cm³/mol. The highest BCUT2D eigenvalue weighted by molar-refractivity contribution is 5.92. The van der Waals surface area contributed by atoms with Crippen LogP contribution in [0.5, 0.6) is 0 Å². The molecule has 4 nitrogen and oxygen atoms in total. The number of aromatic nitrogens is 2. The summed E-state index contributed by atoms with van der Waals surface area (Å²) in [6, 6.07) is 9.66. The van der Waals surface area contributed by atoms with E-state index in [2.05, 4.69) is 10.4 Å². The van der Waals surface area contributed by atoms with Gasteiger partial charge in [-0.3, -0.25) is 9.48 Å². The number of hydrogen-bond acceptors (Lipinski definition) is 2. The van der Waals surface area contributed by atoms with Crippen molar-refractivity contribution in [3.63, 3.8) is 0 Å². The lowest BCUT2D eigenvalue weighted by Crippen LogP contribution is -2.39. The minimum absolute atomic E-state index is 0.0227. The molecule has 2 aromatic rings. The summed E-state index contributed by atoms with van der Waals surface area (Å²) in [5, 5.41) is 6.75. The summed E-state index contributed by atoms with van der Waals surface area (Å²) < 4.78 is 41.1. The molecule has 0 aliphatic heterocycles. The summed E-state index contributed by atoms with van der Waals surface area (Å²) in [6.45, 7) is 0.533.